The maximum Gasteiger partial charge on any atom is 0.419 e. The van der Waals surface area contributed by atoms with E-state index in [1.165, 1.54) is 6.07 Å². The maximum absolute atomic E-state index is 13.8. The summed E-state index contributed by atoms with van der Waals surface area (Å²) in [7, 11) is 3.88. The fourth-order valence-corrected chi connectivity index (χ4v) is 5.41. The number of aromatic nitrogens is 1. The van der Waals surface area contributed by atoms with E-state index in [2.05, 4.69) is 32.9 Å². The van der Waals surface area contributed by atoms with Gasteiger partial charge < -0.3 is 25.8 Å². The summed E-state index contributed by atoms with van der Waals surface area (Å²) in [5, 5.41) is 8.40. The van der Waals surface area contributed by atoms with Crippen LogP contribution in [0.3, 0.4) is 0 Å². The Morgan fingerprint density at radius 2 is 1.80 bits per heavy atom. The van der Waals surface area contributed by atoms with Crippen LogP contribution < -0.4 is 16.0 Å². The SMILES string of the molecule is CN1CCC(N(C)C(=O)c2ccc(Nc3cc(N[C@@H]4CCC[C@@H]4C(=O)NCCF)c(C(F)(F)F)cn3)cc2)CC1. The predicted molar refractivity (Wildman–Crippen MR) is 145 cm³/mol. The summed E-state index contributed by atoms with van der Waals surface area (Å²) in [4.78, 5) is 33.4. The van der Waals surface area contributed by atoms with Crippen molar-refractivity contribution in [1.82, 2.24) is 20.1 Å². The molecule has 12 heteroatoms. The lowest BCUT2D eigenvalue weighted by atomic mass is 10.0. The van der Waals surface area contributed by atoms with Gasteiger partial charge in [-0.05, 0) is 70.1 Å². The lowest BCUT2D eigenvalue weighted by molar-refractivity contribution is -0.137. The summed E-state index contributed by atoms with van der Waals surface area (Å²) in [5.74, 6) is -0.837. The van der Waals surface area contributed by atoms with Crippen LogP contribution in [0.4, 0.5) is 34.8 Å². The third-order valence-corrected chi connectivity index (χ3v) is 7.76. The van der Waals surface area contributed by atoms with E-state index in [0.717, 1.165) is 32.1 Å². The van der Waals surface area contributed by atoms with Gasteiger partial charge in [0.05, 0.1) is 17.2 Å². The molecule has 218 valence electrons. The van der Waals surface area contributed by atoms with Crippen LogP contribution in [-0.4, -0.2) is 79.1 Å². The van der Waals surface area contributed by atoms with Crippen LogP contribution in [-0.2, 0) is 11.0 Å². The molecule has 2 aliphatic rings. The quantitative estimate of drug-likeness (QED) is 0.384. The molecule has 40 heavy (non-hydrogen) atoms. The monoisotopic (exact) mass is 564 g/mol. The Morgan fingerprint density at radius 1 is 1.10 bits per heavy atom. The average Bonchev–Trinajstić information content (AvgIpc) is 3.39. The number of likely N-dealkylation sites (tertiary alicyclic amines) is 1. The first-order valence-corrected chi connectivity index (χ1v) is 13.6. The fourth-order valence-electron chi connectivity index (χ4n) is 5.41. The predicted octanol–water partition coefficient (Wildman–Crippen LogP) is 4.68. The van der Waals surface area contributed by atoms with Gasteiger partial charge in [-0.15, -0.1) is 0 Å². The Bertz CT molecular complexity index is 1170. The van der Waals surface area contributed by atoms with E-state index in [1.54, 1.807) is 29.2 Å². The van der Waals surface area contributed by atoms with Gasteiger partial charge in [-0.3, -0.25) is 9.59 Å². The first kappa shape index (κ1) is 29.6. The van der Waals surface area contributed by atoms with Gasteiger partial charge in [0.25, 0.3) is 5.91 Å². The Balaban J connectivity index is 1.46. The molecule has 0 bridgehead atoms. The van der Waals surface area contributed by atoms with Crippen LogP contribution in [0.2, 0.25) is 0 Å². The van der Waals surface area contributed by atoms with Crippen molar-refractivity contribution in [3.05, 3.63) is 47.7 Å². The highest BCUT2D eigenvalue weighted by molar-refractivity contribution is 5.94. The number of carbonyl (C=O) groups excluding carboxylic acids is 2. The summed E-state index contributed by atoms with van der Waals surface area (Å²) in [6.07, 6.45) is -0.382. The number of alkyl halides is 4. The number of nitrogens with zero attached hydrogens (tertiary/aromatic N) is 3. The van der Waals surface area contributed by atoms with E-state index < -0.39 is 30.4 Å². The molecule has 2 fully saturated rings. The highest BCUT2D eigenvalue weighted by atomic mass is 19.4. The van der Waals surface area contributed by atoms with E-state index >= 15 is 0 Å². The van der Waals surface area contributed by atoms with Crippen molar-refractivity contribution < 1.29 is 27.2 Å². The Labute approximate surface area is 231 Å². The zero-order valence-electron chi connectivity index (χ0n) is 22.7. The van der Waals surface area contributed by atoms with E-state index in [-0.39, 0.29) is 35.9 Å². The lowest BCUT2D eigenvalue weighted by Gasteiger charge is -2.35. The largest absolute Gasteiger partial charge is 0.419 e. The molecule has 2 heterocycles. The minimum atomic E-state index is -4.65. The molecule has 1 aliphatic heterocycles. The second-order valence-corrected chi connectivity index (χ2v) is 10.5. The molecular formula is C28H36F4N6O2. The summed E-state index contributed by atoms with van der Waals surface area (Å²) < 4.78 is 53.8. The van der Waals surface area contributed by atoms with Gasteiger partial charge in [-0.1, -0.05) is 6.42 Å². The number of nitrogens with one attached hydrogen (secondary N) is 3. The minimum absolute atomic E-state index is 0.0816. The highest BCUT2D eigenvalue weighted by Gasteiger charge is 2.38. The molecule has 1 saturated carbocycles. The van der Waals surface area contributed by atoms with Gasteiger partial charge in [-0.2, -0.15) is 13.2 Å². The molecule has 4 rings (SSSR count). The molecular weight excluding hydrogens is 528 g/mol. The van der Waals surface area contributed by atoms with Gasteiger partial charge >= 0.3 is 6.18 Å². The number of amides is 2. The van der Waals surface area contributed by atoms with Crippen molar-refractivity contribution in [2.24, 2.45) is 5.92 Å². The molecule has 1 aromatic carbocycles. The Hall–Kier alpha value is -3.41. The van der Waals surface area contributed by atoms with Crippen LogP contribution in [0.15, 0.2) is 36.5 Å². The standard InChI is InChI=1S/C28H36F4N6O2/c1-37-14-10-20(11-15-37)38(2)27(40)18-6-8-19(9-7-18)35-25-16-24(22(17-34-25)28(30,31)32)36-23-5-3-4-21(23)26(39)33-13-12-29/h6-9,16-17,20-21,23H,3-5,10-15H2,1-2H3,(H,33,39)(H2,34,35,36)/t21-,23+/m0/s1. The van der Waals surface area contributed by atoms with Crippen LogP contribution in [0.1, 0.15) is 48.0 Å². The van der Waals surface area contributed by atoms with Crippen LogP contribution in [0.5, 0.6) is 0 Å². The molecule has 0 spiro atoms. The fraction of sp³-hybridized carbons (Fsp3) is 0.536. The van der Waals surface area contributed by atoms with E-state index in [4.69, 9.17) is 0 Å². The number of hydrogen-bond donors (Lipinski definition) is 3. The molecule has 0 unspecified atom stereocenters. The number of carbonyl (C=O) groups is 2. The first-order chi connectivity index (χ1) is 19.1. The van der Waals surface area contributed by atoms with Crippen LogP contribution in [0, 0.1) is 5.92 Å². The zero-order valence-corrected chi connectivity index (χ0v) is 22.7. The van der Waals surface area contributed by atoms with Crippen molar-refractivity contribution in [2.45, 2.75) is 50.4 Å². The van der Waals surface area contributed by atoms with Crippen molar-refractivity contribution in [3.8, 4) is 0 Å². The lowest BCUT2D eigenvalue weighted by Crippen LogP contribution is -2.44. The van der Waals surface area contributed by atoms with E-state index in [0.29, 0.717) is 30.5 Å². The third-order valence-electron chi connectivity index (χ3n) is 7.76. The number of anilines is 3. The molecule has 2 aromatic rings. The number of rotatable bonds is 9. The van der Waals surface area contributed by atoms with E-state index in [9.17, 15) is 27.2 Å². The van der Waals surface area contributed by atoms with Crippen molar-refractivity contribution in [1.29, 1.82) is 0 Å². The maximum atomic E-state index is 13.8. The normalized spacial score (nSPS) is 20.2. The molecule has 2 amide bonds. The molecule has 1 saturated heterocycles. The second kappa shape index (κ2) is 12.8. The van der Waals surface area contributed by atoms with Gasteiger partial charge in [0.1, 0.15) is 12.5 Å². The smallest absolute Gasteiger partial charge is 0.381 e. The second-order valence-electron chi connectivity index (χ2n) is 10.5. The topological polar surface area (TPSA) is 89.6 Å². The molecule has 1 aromatic heterocycles. The summed E-state index contributed by atoms with van der Waals surface area (Å²) in [5.41, 5.74) is -0.0495. The summed E-state index contributed by atoms with van der Waals surface area (Å²) >= 11 is 0. The average molecular weight is 565 g/mol. The molecule has 1 aliphatic carbocycles. The van der Waals surface area contributed by atoms with Gasteiger partial charge in [-0.25, -0.2) is 9.37 Å². The van der Waals surface area contributed by atoms with E-state index in [1.807, 2.05) is 7.05 Å². The molecule has 2 atom stereocenters. The summed E-state index contributed by atoms with van der Waals surface area (Å²) in [6.45, 7) is 1.04. The minimum Gasteiger partial charge on any atom is -0.381 e. The van der Waals surface area contributed by atoms with Crippen molar-refractivity contribution in [2.75, 3.05) is 51.0 Å². The number of halogens is 4. The molecule has 0 radical (unpaired) electrons. The van der Waals surface area contributed by atoms with Gasteiger partial charge in [0.15, 0.2) is 0 Å². The van der Waals surface area contributed by atoms with Crippen LogP contribution >= 0.6 is 0 Å². The Morgan fingerprint density at radius 3 is 2.45 bits per heavy atom. The number of hydrogen-bond acceptors (Lipinski definition) is 6. The number of pyridine rings is 1. The third kappa shape index (κ3) is 7.21. The Kier molecular flexibility index (Phi) is 9.49. The van der Waals surface area contributed by atoms with Crippen molar-refractivity contribution in [3.63, 3.8) is 0 Å². The molecule has 8 nitrogen and oxygen atoms in total. The number of benzene rings is 1. The van der Waals surface area contributed by atoms with Crippen LogP contribution in [0.25, 0.3) is 0 Å². The van der Waals surface area contributed by atoms with Gasteiger partial charge in [0, 0.05) is 49.2 Å². The first-order valence-electron chi connectivity index (χ1n) is 13.6. The summed E-state index contributed by atoms with van der Waals surface area (Å²) in [6, 6.07) is 7.65. The van der Waals surface area contributed by atoms with Crippen molar-refractivity contribution >= 4 is 29.0 Å². The highest BCUT2D eigenvalue weighted by Crippen LogP contribution is 2.38. The number of piperidine rings is 1. The molecule has 3 N–H and O–H groups in total. The zero-order chi connectivity index (χ0) is 28.9. The van der Waals surface area contributed by atoms with Gasteiger partial charge in [0.2, 0.25) is 5.91 Å².